The van der Waals surface area contributed by atoms with E-state index >= 15 is 0 Å². The summed E-state index contributed by atoms with van der Waals surface area (Å²) >= 11 is 0. The number of benzene rings is 1. The molecule has 0 atom stereocenters. The van der Waals surface area contributed by atoms with Gasteiger partial charge in [0, 0.05) is 45.4 Å². The van der Waals surface area contributed by atoms with Gasteiger partial charge in [0.05, 0.1) is 11.0 Å². The molecule has 1 aromatic rings. The Morgan fingerprint density at radius 1 is 1.48 bits per heavy atom. The summed E-state index contributed by atoms with van der Waals surface area (Å²) in [4.78, 5) is 17.0. The van der Waals surface area contributed by atoms with Gasteiger partial charge in [-0.05, 0) is 25.3 Å². The molecule has 0 aromatic heterocycles. The maximum atomic E-state index is 10.8. The number of hydrogen-bond acceptors (Lipinski definition) is 4. The van der Waals surface area contributed by atoms with E-state index in [9.17, 15) is 10.1 Å². The number of nitro benzene ring substituents is 1. The summed E-state index contributed by atoms with van der Waals surface area (Å²) in [6.07, 6.45) is 2.32. The van der Waals surface area contributed by atoms with Crippen molar-refractivity contribution in [3.8, 4) is 0 Å². The zero-order chi connectivity index (χ0) is 16.7. The molecular weight excluding hydrogens is 296 g/mol. The van der Waals surface area contributed by atoms with Crippen LogP contribution in [0.4, 0.5) is 5.69 Å². The summed E-state index contributed by atoms with van der Waals surface area (Å²) in [5.74, 6) is 0.825. The molecule has 1 heterocycles. The Kier molecular flexibility index (Phi) is 6.34. The number of likely N-dealkylation sites (tertiary alicyclic amines) is 1. The van der Waals surface area contributed by atoms with Crippen LogP contribution in [0.15, 0.2) is 29.3 Å². The summed E-state index contributed by atoms with van der Waals surface area (Å²) in [6, 6.07) is 6.65. The van der Waals surface area contributed by atoms with E-state index in [0.29, 0.717) is 12.6 Å². The van der Waals surface area contributed by atoms with Gasteiger partial charge < -0.3 is 15.0 Å². The van der Waals surface area contributed by atoms with Crippen LogP contribution < -0.4 is 5.32 Å². The molecule has 1 aliphatic rings. The lowest BCUT2D eigenvalue weighted by Gasteiger charge is -2.34. The lowest BCUT2D eigenvalue weighted by Crippen LogP contribution is -2.46. The quantitative estimate of drug-likeness (QED) is 0.389. The van der Waals surface area contributed by atoms with Gasteiger partial charge in [-0.3, -0.25) is 15.1 Å². The molecule has 0 spiro atoms. The molecule has 2 rings (SSSR count). The van der Waals surface area contributed by atoms with Crippen molar-refractivity contribution in [2.75, 3.05) is 26.7 Å². The number of ether oxygens (including phenoxy) is 1. The monoisotopic (exact) mass is 320 g/mol. The molecule has 0 saturated carbocycles. The van der Waals surface area contributed by atoms with E-state index in [1.807, 2.05) is 13.0 Å². The summed E-state index contributed by atoms with van der Waals surface area (Å²) in [6.45, 7) is 5.09. The van der Waals surface area contributed by atoms with Crippen LogP contribution in [0, 0.1) is 10.1 Å². The van der Waals surface area contributed by atoms with E-state index < -0.39 is 0 Å². The third kappa shape index (κ3) is 4.92. The second-order valence-electron chi connectivity index (χ2n) is 5.47. The Labute approximate surface area is 136 Å². The van der Waals surface area contributed by atoms with Crippen LogP contribution in [-0.4, -0.2) is 48.6 Å². The molecule has 0 radical (unpaired) electrons. The van der Waals surface area contributed by atoms with Gasteiger partial charge in [-0.2, -0.15) is 0 Å². The van der Waals surface area contributed by atoms with Crippen LogP contribution in [0.2, 0.25) is 0 Å². The molecule has 7 heteroatoms. The second-order valence-corrected chi connectivity index (χ2v) is 5.47. The lowest BCUT2D eigenvalue weighted by atomic mass is 10.1. The largest absolute Gasteiger partial charge is 0.378 e. The minimum Gasteiger partial charge on any atom is -0.378 e. The standard InChI is InChI=1S/C16H24N4O3/c1-3-23-15-7-9-19(10-8-15)16(17-2)18-12-13-5-4-6-14(11-13)20(21)22/h4-6,11,15H,3,7-10,12H2,1-2H3,(H,17,18). The number of hydrogen-bond donors (Lipinski definition) is 1. The van der Waals surface area contributed by atoms with Gasteiger partial charge in [0.25, 0.3) is 5.69 Å². The number of rotatable bonds is 5. The molecule has 0 bridgehead atoms. The third-order valence-corrected chi connectivity index (χ3v) is 3.93. The molecule has 1 aromatic carbocycles. The van der Waals surface area contributed by atoms with Gasteiger partial charge in [0.15, 0.2) is 5.96 Å². The fourth-order valence-electron chi connectivity index (χ4n) is 2.76. The highest BCUT2D eigenvalue weighted by molar-refractivity contribution is 5.80. The zero-order valence-corrected chi connectivity index (χ0v) is 13.7. The smallest absolute Gasteiger partial charge is 0.269 e. The molecule has 1 fully saturated rings. The van der Waals surface area contributed by atoms with Gasteiger partial charge in [0.2, 0.25) is 0 Å². The predicted octanol–water partition coefficient (Wildman–Crippen LogP) is 2.17. The van der Waals surface area contributed by atoms with Crippen LogP contribution >= 0.6 is 0 Å². The van der Waals surface area contributed by atoms with E-state index in [4.69, 9.17) is 4.74 Å². The van der Waals surface area contributed by atoms with Crippen LogP contribution in [0.3, 0.4) is 0 Å². The van der Waals surface area contributed by atoms with Crippen LogP contribution in [-0.2, 0) is 11.3 Å². The minimum atomic E-state index is -0.378. The Hall–Kier alpha value is -2.15. The average molecular weight is 320 g/mol. The number of non-ortho nitro benzene ring substituents is 1. The number of guanidine groups is 1. The highest BCUT2D eigenvalue weighted by Crippen LogP contribution is 2.15. The fraction of sp³-hybridized carbons (Fsp3) is 0.562. The van der Waals surface area contributed by atoms with E-state index in [2.05, 4.69) is 15.2 Å². The first-order valence-corrected chi connectivity index (χ1v) is 7.94. The Bertz CT molecular complexity index is 554. The maximum Gasteiger partial charge on any atom is 0.269 e. The highest BCUT2D eigenvalue weighted by atomic mass is 16.6. The van der Waals surface area contributed by atoms with Gasteiger partial charge in [-0.1, -0.05) is 12.1 Å². The first-order chi connectivity index (χ1) is 11.1. The molecule has 0 aliphatic carbocycles. The van der Waals surface area contributed by atoms with Gasteiger partial charge in [0.1, 0.15) is 0 Å². The molecule has 0 amide bonds. The Morgan fingerprint density at radius 2 is 2.22 bits per heavy atom. The predicted molar refractivity (Wildman–Crippen MR) is 89.5 cm³/mol. The van der Waals surface area contributed by atoms with Crippen LogP contribution in [0.5, 0.6) is 0 Å². The minimum absolute atomic E-state index is 0.108. The van der Waals surface area contributed by atoms with Crippen molar-refractivity contribution >= 4 is 11.6 Å². The summed E-state index contributed by atoms with van der Waals surface area (Å²) in [7, 11) is 1.75. The lowest BCUT2D eigenvalue weighted by molar-refractivity contribution is -0.384. The molecule has 23 heavy (non-hydrogen) atoms. The van der Waals surface area contributed by atoms with E-state index in [0.717, 1.165) is 44.1 Å². The number of aliphatic imine (C=N–C) groups is 1. The maximum absolute atomic E-state index is 10.8. The van der Waals surface area contributed by atoms with Crippen molar-refractivity contribution in [1.82, 2.24) is 10.2 Å². The fourth-order valence-corrected chi connectivity index (χ4v) is 2.76. The molecular formula is C16H24N4O3. The molecule has 1 N–H and O–H groups in total. The van der Waals surface area contributed by atoms with E-state index in [1.54, 1.807) is 19.2 Å². The second kappa shape index (κ2) is 8.47. The molecule has 0 unspecified atom stereocenters. The molecule has 126 valence electrons. The first kappa shape index (κ1) is 17.2. The van der Waals surface area contributed by atoms with Crippen molar-refractivity contribution in [3.63, 3.8) is 0 Å². The van der Waals surface area contributed by atoms with Crippen LogP contribution in [0.25, 0.3) is 0 Å². The van der Waals surface area contributed by atoms with Crippen LogP contribution in [0.1, 0.15) is 25.3 Å². The van der Waals surface area contributed by atoms with Crippen molar-refractivity contribution in [3.05, 3.63) is 39.9 Å². The first-order valence-electron chi connectivity index (χ1n) is 7.94. The van der Waals surface area contributed by atoms with Crippen molar-refractivity contribution < 1.29 is 9.66 Å². The van der Waals surface area contributed by atoms with E-state index in [-0.39, 0.29) is 10.6 Å². The number of nitrogens with zero attached hydrogens (tertiary/aromatic N) is 3. The van der Waals surface area contributed by atoms with Crippen molar-refractivity contribution in [2.24, 2.45) is 4.99 Å². The topological polar surface area (TPSA) is 80.0 Å². The number of piperidine rings is 1. The van der Waals surface area contributed by atoms with Crippen molar-refractivity contribution in [1.29, 1.82) is 0 Å². The summed E-state index contributed by atoms with van der Waals surface area (Å²) in [5.41, 5.74) is 0.973. The molecule has 1 aliphatic heterocycles. The zero-order valence-electron chi connectivity index (χ0n) is 13.7. The average Bonchev–Trinajstić information content (AvgIpc) is 2.57. The molecule has 1 saturated heterocycles. The number of nitro groups is 1. The van der Waals surface area contributed by atoms with Crippen molar-refractivity contribution in [2.45, 2.75) is 32.4 Å². The Morgan fingerprint density at radius 3 is 2.83 bits per heavy atom. The highest BCUT2D eigenvalue weighted by Gasteiger charge is 2.21. The summed E-state index contributed by atoms with van der Waals surface area (Å²) < 4.78 is 5.66. The normalized spacial score (nSPS) is 16.4. The van der Waals surface area contributed by atoms with Gasteiger partial charge in [-0.25, -0.2) is 0 Å². The SMILES string of the molecule is CCOC1CCN(C(=NC)NCc2cccc([N+](=O)[O-])c2)CC1. The van der Waals surface area contributed by atoms with Gasteiger partial charge in [-0.15, -0.1) is 0 Å². The number of nitrogens with one attached hydrogen (secondary N) is 1. The Balaban J connectivity index is 1.88. The molecule has 7 nitrogen and oxygen atoms in total. The third-order valence-electron chi connectivity index (χ3n) is 3.93. The summed E-state index contributed by atoms with van der Waals surface area (Å²) in [5, 5.41) is 14.1. The van der Waals surface area contributed by atoms with Gasteiger partial charge >= 0.3 is 0 Å². The van der Waals surface area contributed by atoms with E-state index in [1.165, 1.54) is 6.07 Å².